The molecule has 0 saturated heterocycles. The quantitative estimate of drug-likeness (QED) is 0.292. The van der Waals surface area contributed by atoms with Crippen LogP contribution in [0.3, 0.4) is 0 Å². The monoisotopic (exact) mass is 126 g/mol. The van der Waals surface area contributed by atoms with E-state index < -0.39 is 12.5 Å². The number of aliphatic hydroxyl groups is 1. The van der Waals surface area contributed by atoms with Gasteiger partial charge in [0.25, 0.3) is 6.36 Å². The maximum atomic E-state index is 10.6. The number of halogens is 4. The summed E-state index contributed by atoms with van der Waals surface area (Å²) in [6, 6.07) is 0. The topological polar surface area (TPSA) is 20.2 Å². The SMILES string of the molecule is OC(F)C(F)(F)F.[H-].[Li+]. The van der Waals surface area contributed by atoms with Crippen LogP contribution in [-0.4, -0.2) is 17.6 Å². The molecule has 46 valence electrons. The van der Waals surface area contributed by atoms with Crippen LogP contribution in [0, 0.1) is 0 Å². The van der Waals surface area contributed by atoms with E-state index in [4.69, 9.17) is 5.11 Å². The van der Waals surface area contributed by atoms with Gasteiger partial charge in [0, 0.05) is 0 Å². The minimum atomic E-state index is -5.11. The standard InChI is InChI=1S/C2H2F4O.Li.H/c3-1(7)2(4,5)6;;/h1,7H;;/q;+1;-1. The van der Waals surface area contributed by atoms with E-state index in [0.29, 0.717) is 0 Å². The molecule has 0 aromatic carbocycles. The van der Waals surface area contributed by atoms with Crippen molar-refractivity contribution in [2.45, 2.75) is 12.5 Å². The molecular formula is C2H3F4LiO. The van der Waals surface area contributed by atoms with E-state index in [0.717, 1.165) is 0 Å². The molecule has 0 aromatic rings. The maximum absolute atomic E-state index is 10.6. The molecule has 1 nitrogen and oxygen atoms in total. The smallest absolute Gasteiger partial charge is 1.00 e. The van der Waals surface area contributed by atoms with Gasteiger partial charge in [0.15, 0.2) is 0 Å². The summed E-state index contributed by atoms with van der Waals surface area (Å²) in [6.45, 7) is 0. The predicted molar refractivity (Wildman–Crippen MR) is 14.3 cm³/mol. The summed E-state index contributed by atoms with van der Waals surface area (Å²) in [5.41, 5.74) is 0. The van der Waals surface area contributed by atoms with Gasteiger partial charge in [-0.05, 0) is 0 Å². The van der Waals surface area contributed by atoms with E-state index >= 15 is 0 Å². The third kappa shape index (κ3) is 4.44. The van der Waals surface area contributed by atoms with Crippen molar-refractivity contribution >= 4 is 0 Å². The average molecular weight is 126 g/mol. The van der Waals surface area contributed by atoms with Gasteiger partial charge in [-0.2, -0.15) is 13.2 Å². The fourth-order valence-corrected chi connectivity index (χ4v) is 0. The Hall–Kier alpha value is 0.277. The van der Waals surface area contributed by atoms with Crippen LogP contribution in [0.25, 0.3) is 0 Å². The van der Waals surface area contributed by atoms with Crippen LogP contribution in [0.1, 0.15) is 1.43 Å². The Morgan fingerprint density at radius 1 is 1.38 bits per heavy atom. The molecule has 0 spiro atoms. The van der Waals surface area contributed by atoms with Crippen molar-refractivity contribution in [2.24, 2.45) is 0 Å². The third-order valence-electron chi connectivity index (χ3n) is 0.270. The Morgan fingerprint density at radius 2 is 1.50 bits per heavy atom. The zero-order valence-electron chi connectivity index (χ0n) is 5.04. The van der Waals surface area contributed by atoms with Crippen molar-refractivity contribution in [2.75, 3.05) is 0 Å². The summed E-state index contributed by atoms with van der Waals surface area (Å²) >= 11 is 0. The van der Waals surface area contributed by atoms with Gasteiger partial charge in [0.05, 0.1) is 0 Å². The van der Waals surface area contributed by atoms with E-state index in [-0.39, 0.29) is 20.3 Å². The number of rotatable bonds is 0. The molecule has 8 heavy (non-hydrogen) atoms. The zero-order chi connectivity index (χ0) is 6.08. The van der Waals surface area contributed by atoms with Gasteiger partial charge in [0.2, 0.25) is 0 Å². The molecule has 0 aromatic heterocycles. The van der Waals surface area contributed by atoms with E-state index in [1.54, 1.807) is 0 Å². The van der Waals surface area contributed by atoms with E-state index in [9.17, 15) is 17.6 Å². The van der Waals surface area contributed by atoms with Gasteiger partial charge >= 0.3 is 25.0 Å². The van der Waals surface area contributed by atoms with Crippen molar-refractivity contribution < 1.29 is 43.0 Å². The first-order valence-corrected chi connectivity index (χ1v) is 1.33. The zero-order valence-corrected chi connectivity index (χ0v) is 4.04. The van der Waals surface area contributed by atoms with Crippen molar-refractivity contribution in [3.05, 3.63) is 0 Å². The van der Waals surface area contributed by atoms with E-state index in [1.807, 2.05) is 0 Å². The average Bonchev–Trinajstić information content (AvgIpc) is 1.31. The molecule has 0 amide bonds. The number of hydrogen-bond donors (Lipinski definition) is 1. The summed E-state index contributed by atoms with van der Waals surface area (Å²) < 4.78 is 42.3. The summed E-state index contributed by atoms with van der Waals surface area (Å²) in [4.78, 5) is 0. The molecule has 6 heteroatoms. The maximum Gasteiger partial charge on any atom is 1.00 e. The molecule has 0 bridgehead atoms. The van der Waals surface area contributed by atoms with Crippen LogP contribution in [0.5, 0.6) is 0 Å². The van der Waals surface area contributed by atoms with Crippen molar-refractivity contribution in [1.29, 1.82) is 0 Å². The van der Waals surface area contributed by atoms with E-state index in [2.05, 4.69) is 0 Å². The Kier molecular flexibility index (Phi) is 4.63. The van der Waals surface area contributed by atoms with Gasteiger partial charge in [0.1, 0.15) is 0 Å². The summed E-state index contributed by atoms with van der Waals surface area (Å²) in [7, 11) is 0. The number of aliphatic hydroxyl groups excluding tert-OH is 1. The molecule has 0 fully saturated rings. The van der Waals surface area contributed by atoms with Crippen molar-refractivity contribution in [1.82, 2.24) is 0 Å². The van der Waals surface area contributed by atoms with Crippen LogP contribution < -0.4 is 18.9 Å². The van der Waals surface area contributed by atoms with Crippen molar-refractivity contribution in [3.8, 4) is 0 Å². The minimum Gasteiger partial charge on any atom is -1.00 e. The third-order valence-corrected chi connectivity index (χ3v) is 0.270. The molecule has 0 aliphatic rings. The second-order valence-corrected chi connectivity index (χ2v) is 0.877. The van der Waals surface area contributed by atoms with Gasteiger partial charge in [-0.3, -0.25) is 0 Å². The van der Waals surface area contributed by atoms with Crippen molar-refractivity contribution in [3.63, 3.8) is 0 Å². The van der Waals surface area contributed by atoms with Gasteiger partial charge < -0.3 is 6.53 Å². The van der Waals surface area contributed by atoms with Gasteiger partial charge in [-0.25, -0.2) is 4.39 Å². The molecule has 0 radical (unpaired) electrons. The van der Waals surface area contributed by atoms with Crippen LogP contribution in [-0.2, 0) is 0 Å². The van der Waals surface area contributed by atoms with Crippen LogP contribution in [0.4, 0.5) is 17.6 Å². The first-order valence-electron chi connectivity index (χ1n) is 1.33. The minimum absolute atomic E-state index is 0. The van der Waals surface area contributed by atoms with Crippen LogP contribution in [0.15, 0.2) is 0 Å². The fraction of sp³-hybridized carbons (Fsp3) is 1.00. The summed E-state index contributed by atoms with van der Waals surface area (Å²) in [5, 5.41) is 7.10. The Balaban J connectivity index is -0.000000180. The molecule has 1 N–H and O–H groups in total. The number of hydrogen-bond acceptors (Lipinski definition) is 1. The molecule has 0 aliphatic carbocycles. The first-order chi connectivity index (χ1) is 2.94. The van der Waals surface area contributed by atoms with Gasteiger partial charge in [-0.1, -0.05) is 0 Å². The second kappa shape index (κ2) is 3.33. The first kappa shape index (κ1) is 11.1. The summed E-state index contributed by atoms with van der Waals surface area (Å²) in [6.07, 6.45) is -8.81. The molecule has 1 atom stereocenters. The normalized spacial score (nSPS) is 14.6. The largest absolute Gasteiger partial charge is 1.00 e. The van der Waals surface area contributed by atoms with Gasteiger partial charge in [-0.15, -0.1) is 0 Å². The molecule has 0 rings (SSSR count). The van der Waals surface area contributed by atoms with E-state index in [1.165, 1.54) is 0 Å². The Labute approximate surface area is 56.3 Å². The molecular weight excluding hydrogens is 123 g/mol. The Bertz CT molecular complexity index is 64.1. The fourth-order valence-electron chi connectivity index (χ4n) is 0. The van der Waals surface area contributed by atoms with Crippen LogP contribution >= 0.6 is 0 Å². The Morgan fingerprint density at radius 3 is 1.50 bits per heavy atom. The molecule has 0 heterocycles. The second-order valence-electron chi connectivity index (χ2n) is 0.877. The molecule has 0 saturated carbocycles. The number of alkyl halides is 4. The molecule has 0 aliphatic heterocycles. The summed E-state index contributed by atoms with van der Waals surface area (Å²) in [5.74, 6) is 0. The van der Waals surface area contributed by atoms with Crippen LogP contribution in [0.2, 0.25) is 0 Å². The molecule has 1 unspecified atom stereocenters. The predicted octanol–water partition coefficient (Wildman–Crippen LogP) is -2.05.